The third kappa shape index (κ3) is 5.58. The summed E-state index contributed by atoms with van der Waals surface area (Å²) in [6.07, 6.45) is 2.65. The average molecular weight is 385 g/mol. The van der Waals surface area contributed by atoms with Crippen molar-refractivity contribution in [3.8, 4) is 5.75 Å². The molecule has 0 radical (unpaired) electrons. The molecule has 2 heterocycles. The maximum atomic E-state index is 12.4. The minimum absolute atomic E-state index is 0.0541. The molecule has 1 N–H and O–H groups in total. The first-order valence-electron chi connectivity index (χ1n) is 9.72. The van der Waals surface area contributed by atoms with Crippen molar-refractivity contribution in [2.75, 3.05) is 19.7 Å². The van der Waals surface area contributed by atoms with Crippen LogP contribution in [0.4, 0.5) is 0 Å². The van der Waals surface area contributed by atoms with Crippen LogP contribution in [0.1, 0.15) is 47.5 Å². The number of likely N-dealkylation sites (tertiary alicyclic amines) is 1. The number of nitrogens with zero attached hydrogens (tertiary/aromatic N) is 2. The number of carbonyl (C=O) groups is 2. The summed E-state index contributed by atoms with van der Waals surface area (Å²) in [7, 11) is 0. The number of carbonyl (C=O) groups excluding carboxylic acids is 2. The molecule has 0 spiro atoms. The van der Waals surface area contributed by atoms with Crippen LogP contribution >= 0.6 is 0 Å². The van der Waals surface area contributed by atoms with Crippen molar-refractivity contribution < 1.29 is 18.8 Å². The van der Waals surface area contributed by atoms with Gasteiger partial charge in [-0.3, -0.25) is 9.59 Å². The van der Waals surface area contributed by atoms with E-state index < -0.39 is 0 Å². The molecule has 7 heteroatoms. The average Bonchev–Trinajstić information content (AvgIpc) is 3.13. The highest BCUT2D eigenvalue weighted by atomic mass is 16.5. The van der Waals surface area contributed by atoms with Crippen LogP contribution < -0.4 is 10.1 Å². The SMILES string of the molecule is Cc1ccc(OCCCC(=O)N2CCC(NC(=O)c3cc(C)on3)CC2)cc1. The summed E-state index contributed by atoms with van der Waals surface area (Å²) in [5, 5.41) is 6.69. The number of amides is 2. The van der Waals surface area contributed by atoms with Crippen molar-refractivity contribution in [3.05, 3.63) is 47.3 Å². The molecule has 2 aromatic rings. The molecule has 1 aromatic heterocycles. The second-order valence-electron chi connectivity index (χ2n) is 7.22. The number of hydrogen-bond acceptors (Lipinski definition) is 5. The van der Waals surface area contributed by atoms with Crippen molar-refractivity contribution in [2.45, 2.75) is 45.6 Å². The topological polar surface area (TPSA) is 84.7 Å². The molecule has 150 valence electrons. The summed E-state index contributed by atoms with van der Waals surface area (Å²) in [5.74, 6) is 1.35. The van der Waals surface area contributed by atoms with E-state index in [0.29, 0.717) is 44.0 Å². The zero-order chi connectivity index (χ0) is 19.9. The third-order valence-electron chi connectivity index (χ3n) is 4.87. The van der Waals surface area contributed by atoms with E-state index in [-0.39, 0.29) is 17.9 Å². The van der Waals surface area contributed by atoms with Crippen LogP contribution in [-0.4, -0.2) is 47.6 Å². The van der Waals surface area contributed by atoms with E-state index in [2.05, 4.69) is 10.5 Å². The predicted octanol–water partition coefficient (Wildman–Crippen LogP) is 2.87. The number of hydrogen-bond donors (Lipinski definition) is 1. The molecule has 7 nitrogen and oxygen atoms in total. The Morgan fingerprint density at radius 1 is 1.21 bits per heavy atom. The smallest absolute Gasteiger partial charge is 0.273 e. The minimum Gasteiger partial charge on any atom is -0.494 e. The van der Waals surface area contributed by atoms with Gasteiger partial charge in [-0.25, -0.2) is 0 Å². The van der Waals surface area contributed by atoms with Crippen LogP contribution in [0.5, 0.6) is 5.75 Å². The third-order valence-corrected chi connectivity index (χ3v) is 4.87. The fourth-order valence-electron chi connectivity index (χ4n) is 3.21. The Balaban J connectivity index is 1.33. The van der Waals surface area contributed by atoms with Gasteiger partial charge >= 0.3 is 0 Å². The Hall–Kier alpha value is -2.83. The molecule has 0 bridgehead atoms. The standard InChI is InChI=1S/C21H27N3O4/c1-15-5-7-18(8-6-15)27-13-3-4-20(25)24-11-9-17(10-12-24)22-21(26)19-14-16(2)28-23-19/h5-8,14,17H,3-4,9-13H2,1-2H3,(H,22,26). The van der Waals surface area contributed by atoms with Crippen molar-refractivity contribution in [3.63, 3.8) is 0 Å². The minimum atomic E-state index is -0.227. The van der Waals surface area contributed by atoms with Gasteiger partial charge in [-0.05, 0) is 45.2 Å². The summed E-state index contributed by atoms with van der Waals surface area (Å²) in [6.45, 7) is 5.62. The Bertz CT molecular complexity index is 792. The first kappa shape index (κ1) is 19.9. The lowest BCUT2D eigenvalue weighted by atomic mass is 10.0. The van der Waals surface area contributed by atoms with Crippen LogP contribution in [0.3, 0.4) is 0 Å². The lowest BCUT2D eigenvalue weighted by Gasteiger charge is -2.32. The van der Waals surface area contributed by atoms with E-state index >= 15 is 0 Å². The molecule has 1 fully saturated rings. The molecule has 0 saturated carbocycles. The highest BCUT2D eigenvalue weighted by Crippen LogP contribution is 2.15. The second-order valence-corrected chi connectivity index (χ2v) is 7.22. The molecular formula is C21H27N3O4. The van der Waals surface area contributed by atoms with Crippen LogP contribution in [-0.2, 0) is 4.79 Å². The van der Waals surface area contributed by atoms with Crippen LogP contribution in [0, 0.1) is 13.8 Å². The van der Waals surface area contributed by atoms with E-state index in [1.54, 1.807) is 13.0 Å². The number of ether oxygens (including phenoxy) is 1. The molecule has 1 aliphatic rings. The fraction of sp³-hybridized carbons (Fsp3) is 0.476. The van der Waals surface area contributed by atoms with E-state index in [0.717, 1.165) is 18.6 Å². The Morgan fingerprint density at radius 2 is 1.93 bits per heavy atom. The second kappa shape index (κ2) is 9.39. The first-order chi connectivity index (χ1) is 13.5. The van der Waals surface area contributed by atoms with Gasteiger partial charge in [0.05, 0.1) is 6.61 Å². The van der Waals surface area contributed by atoms with Gasteiger partial charge in [0.2, 0.25) is 5.91 Å². The van der Waals surface area contributed by atoms with E-state index in [4.69, 9.17) is 9.26 Å². The Morgan fingerprint density at radius 3 is 2.57 bits per heavy atom. The lowest BCUT2D eigenvalue weighted by molar-refractivity contribution is -0.132. The van der Waals surface area contributed by atoms with Gasteiger partial charge < -0.3 is 19.5 Å². The molecule has 0 unspecified atom stereocenters. The van der Waals surface area contributed by atoms with Crippen LogP contribution in [0.15, 0.2) is 34.9 Å². The molecule has 28 heavy (non-hydrogen) atoms. The number of benzene rings is 1. The molecule has 1 aliphatic heterocycles. The van der Waals surface area contributed by atoms with E-state index in [1.165, 1.54) is 5.56 Å². The van der Waals surface area contributed by atoms with Gasteiger partial charge in [0.15, 0.2) is 5.69 Å². The van der Waals surface area contributed by atoms with Crippen molar-refractivity contribution in [2.24, 2.45) is 0 Å². The Kier molecular flexibility index (Phi) is 6.68. The molecule has 3 rings (SSSR count). The van der Waals surface area contributed by atoms with Gasteiger partial charge in [-0.1, -0.05) is 22.9 Å². The number of aromatic nitrogens is 1. The maximum absolute atomic E-state index is 12.4. The van der Waals surface area contributed by atoms with Crippen molar-refractivity contribution in [1.29, 1.82) is 0 Å². The van der Waals surface area contributed by atoms with Gasteiger partial charge in [0, 0.05) is 31.6 Å². The summed E-state index contributed by atoms with van der Waals surface area (Å²) in [6, 6.07) is 9.57. The summed E-state index contributed by atoms with van der Waals surface area (Å²) >= 11 is 0. The van der Waals surface area contributed by atoms with Gasteiger partial charge in [-0.15, -0.1) is 0 Å². The normalized spacial score (nSPS) is 14.7. The van der Waals surface area contributed by atoms with Gasteiger partial charge in [0.1, 0.15) is 11.5 Å². The zero-order valence-corrected chi connectivity index (χ0v) is 16.4. The molecule has 0 atom stereocenters. The summed E-state index contributed by atoms with van der Waals surface area (Å²) in [4.78, 5) is 26.4. The molecule has 1 saturated heterocycles. The maximum Gasteiger partial charge on any atom is 0.273 e. The van der Waals surface area contributed by atoms with E-state index in [1.807, 2.05) is 36.1 Å². The number of piperidine rings is 1. The van der Waals surface area contributed by atoms with Crippen molar-refractivity contribution >= 4 is 11.8 Å². The van der Waals surface area contributed by atoms with Crippen LogP contribution in [0.2, 0.25) is 0 Å². The molecular weight excluding hydrogens is 358 g/mol. The highest BCUT2D eigenvalue weighted by Gasteiger charge is 2.24. The molecule has 2 amide bonds. The van der Waals surface area contributed by atoms with Crippen molar-refractivity contribution in [1.82, 2.24) is 15.4 Å². The highest BCUT2D eigenvalue weighted by molar-refractivity contribution is 5.92. The zero-order valence-electron chi connectivity index (χ0n) is 16.4. The monoisotopic (exact) mass is 385 g/mol. The first-order valence-corrected chi connectivity index (χ1v) is 9.72. The molecule has 1 aromatic carbocycles. The fourth-order valence-corrected chi connectivity index (χ4v) is 3.21. The summed E-state index contributed by atoms with van der Waals surface area (Å²) in [5.41, 5.74) is 1.49. The number of nitrogens with one attached hydrogen (secondary N) is 1. The molecule has 0 aliphatic carbocycles. The number of aryl methyl sites for hydroxylation is 2. The predicted molar refractivity (Wildman–Crippen MR) is 104 cm³/mol. The van der Waals surface area contributed by atoms with Gasteiger partial charge in [0.25, 0.3) is 5.91 Å². The summed E-state index contributed by atoms with van der Waals surface area (Å²) < 4.78 is 10.6. The largest absolute Gasteiger partial charge is 0.494 e. The van der Waals surface area contributed by atoms with Gasteiger partial charge in [-0.2, -0.15) is 0 Å². The quantitative estimate of drug-likeness (QED) is 0.741. The number of rotatable bonds is 7. The Labute approximate surface area is 165 Å². The van der Waals surface area contributed by atoms with Crippen LogP contribution in [0.25, 0.3) is 0 Å². The lowest BCUT2D eigenvalue weighted by Crippen LogP contribution is -2.46. The van der Waals surface area contributed by atoms with E-state index in [9.17, 15) is 9.59 Å².